The molecule has 0 unspecified atom stereocenters. The maximum Gasteiger partial charge on any atom is 0.416 e. The van der Waals surface area contributed by atoms with E-state index in [0.29, 0.717) is 17.8 Å². The molecule has 2 aromatic carbocycles. The molecule has 2 aliphatic heterocycles. The molecule has 0 saturated carbocycles. The first kappa shape index (κ1) is 19.9. The predicted octanol–water partition coefficient (Wildman–Crippen LogP) is 4.89. The van der Waals surface area contributed by atoms with E-state index in [1.807, 2.05) is 0 Å². The van der Waals surface area contributed by atoms with E-state index < -0.39 is 23.6 Å². The van der Waals surface area contributed by atoms with Crippen LogP contribution in [0.3, 0.4) is 0 Å². The van der Waals surface area contributed by atoms with Crippen molar-refractivity contribution < 1.29 is 22.4 Å². The number of hydrogen-bond acceptors (Lipinski definition) is 3. The third kappa shape index (κ3) is 3.74. The Kier molecular flexibility index (Phi) is 4.97. The van der Waals surface area contributed by atoms with Crippen LogP contribution in [-0.4, -0.2) is 36.5 Å². The Morgan fingerprint density at radius 1 is 1.13 bits per heavy atom. The lowest BCUT2D eigenvalue weighted by Gasteiger charge is -2.31. The highest BCUT2D eigenvalue weighted by atomic mass is 19.4. The van der Waals surface area contributed by atoms with E-state index in [1.165, 1.54) is 28.0 Å². The van der Waals surface area contributed by atoms with Crippen LogP contribution in [0.15, 0.2) is 47.5 Å². The molecule has 9 heteroatoms. The summed E-state index contributed by atoms with van der Waals surface area (Å²) in [4.78, 5) is 20.1. The number of aliphatic imine (C=N–C) groups is 1. The molecule has 2 aromatic rings. The Labute approximate surface area is 170 Å². The number of nitrogens with one attached hydrogen (secondary N) is 1. The molecule has 4 rings (SSSR count). The van der Waals surface area contributed by atoms with Crippen molar-refractivity contribution in [1.82, 2.24) is 4.90 Å². The number of guanidine groups is 1. The van der Waals surface area contributed by atoms with Gasteiger partial charge in [-0.2, -0.15) is 13.2 Å². The molecule has 0 radical (unpaired) electrons. The first-order chi connectivity index (χ1) is 14.2. The molecule has 0 spiro atoms. The minimum atomic E-state index is -4.51. The zero-order valence-electron chi connectivity index (χ0n) is 16.0. The van der Waals surface area contributed by atoms with Gasteiger partial charge in [0.25, 0.3) is 0 Å². The van der Waals surface area contributed by atoms with Gasteiger partial charge in [0, 0.05) is 12.2 Å². The van der Waals surface area contributed by atoms with E-state index in [4.69, 9.17) is 0 Å². The van der Waals surface area contributed by atoms with Gasteiger partial charge >= 0.3 is 12.2 Å². The second-order valence-corrected chi connectivity index (χ2v) is 7.01. The van der Waals surface area contributed by atoms with Crippen LogP contribution in [0, 0.1) is 12.7 Å². The Morgan fingerprint density at radius 2 is 1.93 bits per heavy atom. The number of fused-ring (bicyclic) bond motifs is 1. The minimum absolute atomic E-state index is 0.135. The van der Waals surface area contributed by atoms with Crippen molar-refractivity contribution in [3.05, 3.63) is 65.0 Å². The highest BCUT2D eigenvalue weighted by molar-refractivity contribution is 6.10. The summed E-state index contributed by atoms with van der Waals surface area (Å²) in [6.07, 6.45) is -1.11. The van der Waals surface area contributed by atoms with Crippen molar-refractivity contribution in [2.75, 3.05) is 29.9 Å². The molecule has 0 bridgehead atoms. The fourth-order valence-electron chi connectivity index (χ4n) is 3.39. The Hall–Kier alpha value is -3.36. The number of rotatable bonds is 1. The van der Waals surface area contributed by atoms with Gasteiger partial charge in [0.2, 0.25) is 5.96 Å². The van der Waals surface area contributed by atoms with Gasteiger partial charge in [0.15, 0.2) is 0 Å². The van der Waals surface area contributed by atoms with Crippen LogP contribution in [0.25, 0.3) is 6.08 Å². The third-order valence-corrected chi connectivity index (χ3v) is 4.98. The maximum absolute atomic E-state index is 13.6. The predicted molar refractivity (Wildman–Crippen MR) is 107 cm³/mol. The van der Waals surface area contributed by atoms with Gasteiger partial charge in [-0.3, -0.25) is 14.8 Å². The van der Waals surface area contributed by atoms with E-state index in [1.54, 1.807) is 25.1 Å². The average molecular weight is 418 g/mol. The maximum atomic E-state index is 13.6. The quantitative estimate of drug-likeness (QED) is 0.671. The number of aryl methyl sites for hydroxylation is 1. The normalized spacial score (nSPS) is 15.8. The first-order valence-corrected chi connectivity index (χ1v) is 9.28. The largest absolute Gasteiger partial charge is 0.416 e. The summed E-state index contributed by atoms with van der Waals surface area (Å²) < 4.78 is 53.1. The van der Waals surface area contributed by atoms with Gasteiger partial charge in [-0.05, 0) is 42.3 Å². The fraction of sp³-hybridized carbons (Fsp3) is 0.238. The van der Waals surface area contributed by atoms with Crippen LogP contribution in [-0.2, 0) is 6.18 Å². The molecule has 156 valence electrons. The summed E-state index contributed by atoms with van der Waals surface area (Å²) in [6.45, 7) is 2.52. The molecule has 1 N–H and O–H groups in total. The van der Waals surface area contributed by atoms with Gasteiger partial charge in [-0.1, -0.05) is 24.3 Å². The van der Waals surface area contributed by atoms with Crippen LogP contribution in [0.5, 0.6) is 0 Å². The smallest absolute Gasteiger partial charge is 0.325 e. The first-order valence-electron chi connectivity index (χ1n) is 9.28. The average Bonchev–Trinajstić information content (AvgIpc) is 3.17. The summed E-state index contributed by atoms with van der Waals surface area (Å²) >= 11 is 0. The molecular weight excluding hydrogens is 400 g/mol. The van der Waals surface area contributed by atoms with Crippen molar-refractivity contribution in [3.63, 3.8) is 0 Å². The highest BCUT2D eigenvalue weighted by Crippen LogP contribution is 2.35. The van der Waals surface area contributed by atoms with Gasteiger partial charge in [0.1, 0.15) is 5.82 Å². The molecular formula is C21H18F4N4O. The van der Waals surface area contributed by atoms with Crippen LogP contribution in [0.2, 0.25) is 0 Å². The summed E-state index contributed by atoms with van der Waals surface area (Å²) in [5, 5.41) is 2.97. The van der Waals surface area contributed by atoms with E-state index >= 15 is 0 Å². The van der Waals surface area contributed by atoms with Gasteiger partial charge in [-0.25, -0.2) is 9.18 Å². The number of carbonyl (C=O) groups is 1. The number of alkyl halides is 3. The zero-order chi connectivity index (χ0) is 21.5. The topological polar surface area (TPSA) is 47.9 Å². The lowest BCUT2D eigenvalue weighted by molar-refractivity contribution is -0.137. The number of nitrogens with zero attached hydrogens (tertiary/aromatic N) is 3. The molecule has 0 aromatic heterocycles. The summed E-state index contributed by atoms with van der Waals surface area (Å²) in [6, 6.07) is 7.05. The lowest BCUT2D eigenvalue weighted by Crippen LogP contribution is -2.48. The lowest BCUT2D eigenvalue weighted by atomic mass is 10.0. The molecule has 2 amide bonds. The summed E-state index contributed by atoms with van der Waals surface area (Å²) in [5.41, 5.74) is 1.11. The van der Waals surface area contributed by atoms with Gasteiger partial charge in [0.05, 0.1) is 24.3 Å². The van der Waals surface area contributed by atoms with Crippen LogP contribution in [0.1, 0.15) is 16.7 Å². The van der Waals surface area contributed by atoms with Crippen LogP contribution in [0.4, 0.5) is 33.7 Å². The van der Waals surface area contributed by atoms with Crippen LogP contribution >= 0.6 is 0 Å². The van der Waals surface area contributed by atoms with Gasteiger partial charge in [-0.15, -0.1) is 0 Å². The number of halogens is 4. The molecule has 0 atom stereocenters. The standard InChI is InChI=1S/C21H18F4N4O/c1-13-4-7-16(22)12-17(13)27-19-26-8-10-29(19)20(30)28-9-2-3-14-5-6-15(11-18(14)28)21(23,24)25/h2-7,11-12H,8-10H2,1H3,(H,26,27). The summed E-state index contributed by atoms with van der Waals surface area (Å²) in [5.74, 6) is -0.203. The molecule has 2 aliphatic rings. The highest BCUT2D eigenvalue weighted by Gasteiger charge is 2.34. The van der Waals surface area contributed by atoms with E-state index in [9.17, 15) is 22.4 Å². The second kappa shape index (κ2) is 7.47. The van der Waals surface area contributed by atoms with Crippen molar-refractivity contribution >= 4 is 29.4 Å². The monoisotopic (exact) mass is 418 g/mol. The Morgan fingerprint density at radius 3 is 2.70 bits per heavy atom. The van der Waals surface area contributed by atoms with E-state index in [2.05, 4.69) is 10.3 Å². The fourth-order valence-corrected chi connectivity index (χ4v) is 3.39. The second-order valence-electron chi connectivity index (χ2n) is 7.01. The van der Waals surface area contributed by atoms with Crippen LogP contribution < -0.4 is 10.2 Å². The molecule has 0 fully saturated rings. The SMILES string of the molecule is Cc1ccc(F)cc1NC1=NCCN1C(=O)N1CC=Cc2ccc(C(F)(F)F)cc21. The molecule has 5 nitrogen and oxygen atoms in total. The number of benzene rings is 2. The van der Waals surface area contributed by atoms with Crippen molar-refractivity contribution in [2.24, 2.45) is 4.99 Å². The van der Waals surface area contributed by atoms with Crippen molar-refractivity contribution in [1.29, 1.82) is 0 Å². The molecule has 0 saturated heterocycles. The van der Waals surface area contributed by atoms with Crippen molar-refractivity contribution in [2.45, 2.75) is 13.1 Å². The number of anilines is 2. The molecule has 0 aliphatic carbocycles. The number of amides is 2. The molecule has 2 heterocycles. The zero-order valence-corrected chi connectivity index (χ0v) is 16.0. The Balaban J connectivity index is 1.61. The number of hydrogen-bond donors (Lipinski definition) is 1. The third-order valence-electron chi connectivity index (χ3n) is 4.98. The number of carbonyl (C=O) groups excluding carboxylic acids is 1. The van der Waals surface area contributed by atoms with Gasteiger partial charge < -0.3 is 5.32 Å². The van der Waals surface area contributed by atoms with E-state index in [0.717, 1.165) is 17.7 Å². The Bertz CT molecular complexity index is 1060. The van der Waals surface area contributed by atoms with E-state index in [-0.39, 0.29) is 24.7 Å². The summed E-state index contributed by atoms with van der Waals surface area (Å²) in [7, 11) is 0. The molecule has 30 heavy (non-hydrogen) atoms. The minimum Gasteiger partial charge on any atom is -0.325 e. The van der Waals surface area contributed by atoms with Crippen molar-refractivity contribution in [3.8, 4) is 0 Å². The number of urea groups is 1.